The van der Waals surface area contributed by atoms with Crippen molar-refractivity contribution in [2.24, 2.45) is 5.92 Å². The number of rotatable bonds is 8. The summed E-state index contributed by atoms with van der Waals surface area (Å²) >= 11 is 0. The molecule has 0 spiro atoms. The van der Waals surface area contributed by atoms with E-state index in [1.807, 2.05) is 65.3 Å². The Hall–Kier alpha value is -5.04. The highest BCUT2D eigenvalue weighted by Crippen LogP contribution is 2.33. The third-order valence-corrected chi connectivity index (χ3v) is 10.3. The second-order valence-electron chi connectivity index (χ2n) is 13.8. The van der Waals surface area contributed by atoms with Crippen molar-refractivity contribution in [1.29, 1.82) is 0 Å². The van der Waals surface area contributed by atoms with Gasteiger partial charge in [-0.3, -0.25) is 9.69 Å². The van der Waals surface area contributed by atoms with Crippen molar-refractivity contribution in [2.45, 2.75) is 84.0 Å². The van der Waals surface area contributed by atoms with Crippen LogP contribution in [0.4, 0.5) is 0 Å². The Balaban J connectivity index is 0.959. The molecular formula is C36H42N12O. The summed E-state index contributed by atoms with van der Waals surface area (Å²) in [6, 6.07) is 11.9. The minimum Gasteiger partial charge on any atom is -0.335 e. The van der Waals surface area contributed by atoms with Crippen LogP contribution in [0.2, 0.25) is 0 Å². The molecule has 2 fully saturated rings. The van der Waals surface area contributed by atoms with Crippen LogP contribution in [0.25, 0.3) is 28.0 Å². The summed E-state index contributed by atoms with van der Waals surface area (Å²) in [5.41, 5.74) is 4.71. The zero-order chi connectivity index (χ0) is 33.5. The van der Waals surface area contributed by atoms with E-state index in [2.05, 4.69) is 55.2 Å². The number of fused-ring (bicyclic) bond motifs is 2. The van der Waals surface area contributed by atoms with Crippen molar-refractivity contribution in [2.75, 3.05) is 13.1 Å². The maximum Gasteiger partial charge on any atom is 0.255 e. The van der Waals surface area contributed by atoms with E-state index in [1.165, 1.54) is 32.1 Å². The molecule has 6 aromatic rings. The Kier molecular flexibility index (Phi) is 8.36. The van der Waals surface area contributed by atoms with Crippen molar-refractivity contribution < 1.29 is 4.79 Å². The summed E-state index contributed by atoms with van der Waals surface area (Å²) in [6.07, 6.45) is 14.7. The number of nitrogens with zero attached hydrogens (tertiary/aromatic N) is 11. The van der Waals surface area contributed by atoms with Gasteiger partial charge < -0.3 is 9.88 Å². The molecule has 6 heterocycles. The summed E-state index contributed by atoms with van der Waals surface area (Å²) < 4.78 is 3.68. The van der Waals surface area contributed by atoms with E-state index >= 15 is 0 Å². The van der Waals surface area contributed by atoms with Gasteiger partial charge in [0.15, 0.2) is 11.5 Å². The first-order valence-corrected chi connectivity index (χ1v) is 17.4. The van der Waals surface area contributed by atoms with Gasteiger partial charge in [0.05, 0.1) is 34.2 Å². The quantitative estimate of drug-likeness (QED) is 0.231. The standard InChI is InChI=1S/C36H42N12O/c1-23-19-45(35(49)27-17-29-25(3)43-48(34(29)39-18-27)36-40-30-12-7-8-13-31(30)41-36)20-24(2)46(23)21-28-22-47(44-42-28)32(33-37-14-9-15-38-33)16-26-10-5-4-6-11-26/h7-9,12-15,17-18,22-24,26,32H,4-6,10-11,16,19-21H2,1-3H3,(H,40,41)/t23-,24+,32?. The molecule has 8 rings (SSSR count). The highest BCUT2D eigenvalue weighted by molar-refractivity contribution is 5.97. The summed E-state index contributed by atoms with van der Waals surface area (Å²) in [4.78, 5) is 40.1. The number of aryl methyl sites for hydroxylation is 1. The van der Waals surface area contributed by atoms with Gasteiger partial charge in [-0.2, -0.15) is 9.78 Å². The van der Waals surface area contributed by atoms with Crippen LogP contribution >= 0.6 is 0 Å². The molecule has 1 saturated carbocycles. The van der Waals surface area contributed by atoms with Crippen LogP contribution in [0.1, 0.15) is 86.0 Å². The number of aromatic amines is 1. The van der Waals surface area contributed by atoms with E-state index in [9.17, 15) is 4.79 Å². The molecule has 1 aliphatic heterocycles. The average molecular weight is 659 g/mol. The Morgan fingerprint density at radius 3 is 2.55 bits per heavy atom. The zero-order valence-electron chi connectivity index (χ0n) is 28.3. The Labute approximate surface area is 284 Å². The number of hydrogen-bond acceptors (Lipinski definition) is 9. The molecule has 1 saturated heterocycles. The molecule has 3 atom stereocenters. The maximum absolute atomic E-state index is 13.9. The third-order valence-electron chi connectivity index (χ3n) is 10.3. The number of amides is 1. The smallest absolute Gasteiger partial charge is 0.255 e. The Bertz CT molecular complexity index is 2030. The predicted octanol–water partition coefficient (Wildman–Crippen LogP) is 5.28. The minimum absolute atomic E-state index is 0.0250. The van der Waals surface area contributed by atoms with E-state index in [-0.39, 0.29) is 24.0 Å². The fraction of sp³-hybridized carbons (Fsp3) is 0.444. The second kappa shape index (κ2) is 13.1. The number of pyridine rings is 1. The van der Waals surface area contributed by atoms with Crippen molar-refractivity contribution in [3.8, 4) is 5.95 Å². The summed E-state index contributed by atoms with van der Waals surface area (Å²) in [6.45, 7) is 8.15. The molecule has 252 valence electrons. The SMILES string of the molecule is Cc1nn(-c2nc3ccccc3[nH]2)c2ncc(C(=O)N3C[C@@H](C)N(Cc4cn(C(CC5CCCCC5)c5ncccn5)nn4)[C@@H](C)C3)cc12. The molecule has 1 aromatic carbocycles. The van der Waals surface area contributed by atoms with Crippen LogP contribution in [-0.4, -0.2) is 90.6 Å². The van der Waals surface area contributed by atoms with E-state index in [1.54, 1.807) is 10.9 Å². The molecule has 13 nitrogen and oxygen atoms in total. The summed E-state index contributed by atoms with van der Waals surface area (Å²) in [5.74, 6) is 2.01. The number of para-hydroxylation sites is 2. The molecular weight excluding hydrogens is 616 g/mol. The number of imidazole rings is 1. The van der Waals surface area contributed by atoms with Crippen molar-refractivity contribution in [3.05, 3.63) is 84.0 Å². The van der Waals surface area contributed by atoms with Gasteiger partial charge in [-0.1, -0.05) is 49.5 Å². The number of piperazine rings is 1. The van der Waals surface area contributed by atoms with Crippen LogP contribution in [0.5, 0.6) is 0 Å². The topological polar surface area (TPSA) is 139 Å². The van der Waals surface area contributed by atoms with E-state index in [0.29, 0.717) is 42.7 Å². The van der Waals surface area contributed by atoms with Gasteiger partial charge in [0.2, 0.25) is 5.95 Å². The largest absolute Gasteiger partial charge is 0.335 e. The van der Waals surface area contributed by atoms with Gasteiger partial charge in [0.25, 0.3) is 5.91 Å². The first-order valence-electron chi connectivity index (χ1n) is 17.4. The van der Waals surface area contributed by atoms with Crippen molar-refractivity contribution >= 4 is 28.0 Å². The molecule has 1 unspecified atom stereocenters. The van der Waals surface area contributed by atoms with Crippen LogP contribution in [0.3, 0.4) is 0 Å². The van der Waals surface area contributed by atoms with Gasteiger partial charge in [-0.05, 0) is 57.4 Å². The molecule has 0 bridgehead atoms. The highest BCUT2D eigenvalue weighted by atomic mass is 16.2. The number of nitrogens with one attached hydrogen (secondary N) is 1. The van der Waals surface area contributed by atoms with Crippen LogP contribution < -0.4 is 0 Å². The lowest BCUT2D eigenvalue weighted by molar-refractivity contribution is 0.0264. The van der Waals surface area contributed by atoms with Gasteiger partial charge in [0.1, 0.15) is 6.04 Å². The fourth-order valence-electron chi connectivity index (χ4n) is 7.74. The minimum atomic E-state index is -0.0322. The lowest BCUT2D eigenvalue weighted by Gasteiger charge is -2.44. The molecule has 2 aliphatic rings. The Morgan fingerprint density at radius 2 is 1.78 bits per heavy atom. The molecule has 49 heavy (non-hydrogen) atoms. The number of aromatic nitrogens is 10. The normalized spacial score (nSPS) is 19.9. The first kappa shape index (κ1) is 31.2. The molecule has 0 radical (unpaired) electrons. The molecule has 1 N–H and O–H groups in total. The summed E-state index contributed by atoms with van der Waals surface area (Å²) in [5, 5.41) is 14.7. The first-order chi connectivity index (χ1) is 23.9. The van der Waals surface area contributed by atoms with Crippen LogP contribution in [0.15, 0.2) is 61.2 Å². The Morgan fingerprint density at radius 1 is 1.00 bits per heavy atom. The predicted molar refractivity (Wildman–Crippen MR) is 185 cm³/mol. The van der Waals surface area contributed by atoms with E-state index in [0.717, 1.165) is 40.1 Å². The molecule has 1 aliphatic carbocycles. The highest BCUT2D eigenvalue weighted by Gasteiger charge is 2.34. The van der Waals surface area contributed by atoms with Gasteiger partial charge >= 0.3 is 0 Å². The lowest BCUT2D eigenvalue weighted by Crippen LogP contribution is -2.57. The number of hydrogen-bond donors (Lipinski definition) is 1. The third kappa shape index (κ3) is 6.18. The summed E-state index contributed by atoms with van der Waals surface area (Å²) in [7, 11) is 0. The number of carbonyl (C=O) groups excluding carboxylic acids is 1. The van der Waals surface area contributed by atoms with Crippen LogP contribution in [0, 0.1) is 12.8 Å². The van der Waals surface area contributed by atoms with Gasteiger partial charge in [-0.25, -0.2) is 24.6 Å². The fourth-order valence-corrected chi connectivity index (χ4v) is 7.74. The van der Waals surface area contributed by atoms with Crippen molar-refractivity contribution in [3.63, 3.8) is 0 Å². The number of H-pyrrole nitrogens is 1. The number of carbonyl (C=O) groups is 1. The maximum atomic E-state index is 13.9. The number of benzene rings is 1. The van der Waals surface area contributed by atoms with Gasteiger partial charge in [-0.15, -0.1) is 5.10 Å². The van der Waals surface area contributed by atoms with E-state index < -0.39 is 0 Å². The molecule has 5 aromatic heterocycles. The monoisotopic (exact) mass is 658 g/mol. The lowest BCUT2D eigenvalue weighted by atomic mass is 9.84. The van der Waals surface area contributed by atoms with Gasteiger partial charge in [0, 0.05) is 55.7 Å². The molecule has 1 amide bonds. The molecule has 13 heteroatoms. The van der Waals surface area contributed by atoms with Crippen LogP contribution in [-0.2, 0) is 6.54 Å². The van der Waals surface area contributed by atoms with E-state index in [4.69, 9.17) is 10.1 Å². The zero-order valence-corrected chi connectivity index (χ0v) is 28.3. The second-order valence-corrected chi connectivity index (χ2v) is 13.8. The van der Waals surface area contributed by atoms with Crippen molar-refractivity contribution in [1.82, 2.24) is 59.5 Å². The average Bonchev–Trinajstić information content (AvgIpc) is 3.86.